The van der Waals surface area contributed by atoms with Crippen molar-refractivity contribution < 1.29 is 4.79 Å². The van der Waals surface area contributed by atoms with Gasteiger partial charge in [0, 0.05) is 24.6 Å². The van der Waals surface area contributed by atoms with Gasteiger partial charge in [-0.3, -0.25) is 4.79 Å². The summed E-state index contributed by atoms with van der Waals surface area (Å²) in [6, 6.07) is 27.1. The first-order chi connectivity index (χ1) is 14.6. The van der Waals surface area contributed by atoms with Gasteiger partial charge in [-0.25, -0.2) is 4.98 Å². The Hall–Kier alpha value is -3.40. The van der Waals surface area contributed by atoms with Crippen LogP contribution in [0, 0.1) is 6.92 Å². The Morgan fingerprint density at radius 2 is 1.63 bits per heavy atom. The molecule has 4 nitrogen and oxygen atoms in total. The van der Waals surface area contributed by atoms with Gasteiger partial charge in [0.25, 0.3) is 0 Å². The average molecular weight is 396 g/mol. The largest absolute Gasteiger partial charge is 0.320 e. The molecule has 150 valence electrons. The smallest absolute Gasteiger partial charge is 0.227 e. The normalized spacial score (nSPS) is 17.6. The van der Waals surface area contributed by atoms with Crippen molar-refractivity contribution in [3.8, 4) is 0 Å². The van der Waals surface area contributed by atoms with Crippen LogP contribution in [0.15, 0.2) is 78.9 Å². The number of hydrogen-bond acceptors (Lipinski definition) is 2. The molecule has 0 spiro atoms. The summed E-state index contributed by atoms with van der Waals surface area (Å²) >= 11 is 0. The first-order valence-corrected chi connectivity index (χ1v) is 10.5. The summed E-state index contributed by atoms with van der Waals surface area (Å²) in [7, 11) is 0. The van der Waals surface area contributed by atoms with E-state index in [2.05, 4.69) is 73.0 Å². The number of anilines is 1. The Labute approximate surface area is 176 Å². The van der Waals surface area contributed by atoms with Gasteiger partial charge in [-0.05, 0) is 43.7 Å². The number of amides is 1. The number of aromatic nitrogens is 2. The van der Waals surface area contributed by atoms with Gasteiger partial charge in [0.05, 0.1) is 17.1 Å². The Kier molecular flexibility index (Phi) is 4.62. The van der Waals surface area contributed by atoms with Crippen LogP contribution in [0.3, 0.4) is 0 Å². The highest BCUT2D eigenvalue weighted by atomic mass is 16.2. The monoisotopic (exact) mass is 395 g/mol. The second-order valence-corrected chi connectivity index (χ2v) is 8.16. The van der Waals surface area contributed by atoms with Crippen molar-refractivity contribution in [1.82, 2.24) is 9.55 Å². The van der Waals surface area contributed by atoms with E-state index in [1.165, 1.54) is 11.1 Å². The molecule has 4 heteroatoms. The number of para-hydroxylation sites is 2. The fraction of sp³-hybridized carbons (Fsp3) is 0.231. The highest BCUT2D eigenvalue weighted by Gasteiger charge is 2.35. The standard InChI is InChI=1S/C26H25N3O/c1-18-12-14-22(15-13-18)28-17-21(16-25(28)30)26-27-23-10-6-7-11-24(23)29(26)19(2)20-8-4-3-5-9-20/h3-15,19,21H,16-17H2,1-2H3/t19-,21+/m0/s1. The van der Waals surface area contributed by atoms with Crippen LogP contribution in [0.2, 0.25) is 0 Å². The summed E-state index contributed by atoms with van der Waals surface area (Å²) in [5, 5.41) is 0. The molecule has 1 fully saturated rings. The molecule has 0 radical (unpaired) electrons. The first-order valence-electron chi connectivity index (χ1n) is 10.5. The van der Waals surface area contributed by atoms with Crippen molar-refractivity contribution in [2.24, 2.45) is 0 Å². The summed E-state index contributed by atoms with van der Waals surface area (Å²) in [5.41, 5.74) is 5.50. The molecular formula is C26H25N3O. The Morgan fingerprint density at radius 3 is 2.40 bits per heavy atom. The molecule has 1 saturated heterocycles. The van der Waals surface area contributed by atoms with Gasteiger partial charge in [-0.15, -0.1) is 0 Å². The van der Waals surface area contributed by atoms with Crippen LogP contribution in [0.1, 0.15) is 42.3 Å². The zero-order valence-electron chi connectivity index (χ0n) is 17.3. The Morgan fingerprint density at radius 1 is 0.933 bits per heavy atom. The van der Waals surface area contributed by atoms with Crippen molar-refractivity contribution in [3.05, 3.63) is 95.8 Å². The molecule has 1 amide bonds. The quantitative estimate of drug-likeness (QED) is 0.459. The summed E-state index contributed by atoms with van der Waals surface area (Å²) in [6.45, 7) is 4.93. The van der Waals surface area contributed by atoms with E-state index in [0.717, 1.165) is 22.5 Å². The molecule has 2 heterocycles. The zero-order chi connectivity index (χ0) is 20.7. The first kappa shape index (κ1) is 18.6. The lowest BCUT2D eigenvalue weighted by molar-refractivity contribution is -0.117. The molecule has 0 unspecified atom stereocenters. The van der Waals surface area contributed by atoms with E-state index in [0.29, 0.717) is 13.0 Å². The third kappa shape index (κ3) is 3.18. The van der Waals surface area contributed by atoms with E-state index >= 15 is 0 Å². The maximum Gasteiger partial charge on any atom is 0.227 e. The number of rotatable bonds is 4. The molecule has 3 aromatic carbocycles. The molecule has 0 bridgehead atoms. The van der Waals surface area contributed by atoms with Crippen molar-refractivity contribution in [1.29, 1.82) is 0 Å². The lowest BCUT2D eigenvalue weighted by Gasteiger charge is -2.21. The summed E-state index contributed by atoms with van der Waals surface area (Å²) in [4.78, 5) is 19.8. The minimum atomic E-state index is 0.0670. The molecule has 0 N–H and O–H groups in total. The molecule has 4 aromatic rings. The number of nitrogens with zero attached hydrogens (tertiary/aromatic N) is 3. The lowest BCUT2D eigenvalue weighted by atomic mass is 10.0. The molecule has 1 aromatic heterocycles. The second-order valence-electron chi connectivity index (χ2n) is 8.16. The molecular weight excluding hydrogens is 370 g/mol. The zero-order valence-corrected chi connectivity index (χ0v) is 17.3. The summed E-state index contributed by atoms with van der Waals surface area (Å²) in [6.07, 6.45) is 0.485. The van der Waals surface area contributed by atoms with Gasteiger partial charge in [0.15, 0.2) is 0 Å². The summed E-state index contributed by atoms with van der Waals surface area (Å²) in [5.74, 6) is 1.22. The van der Waals surface area contributed by atoms with E-state index in [4.69, 9.17) is 4.98 Å². The van der Waals surface area contributed by atoms with Crippen LogP contribution in [-0.2, 0) is 4.79 Å². The van der Waals surface area contributed by atoms with Crippen LogP contribution in [0.4, 0.5) is 5.69 Å². The average Bonchev–Trinajstić information content (AvgIpc) is 3.35. The number of hydrogen-bond donors (Lipinski definition) is 0. The molecule has 0 aliphatic carbocycles. The van der Waals surface area contributed by atoms with Gasteiger partial charge in [-0.1, -0.05) is 60.2 Å². The Bertz CT molecular complexity index is 1190. The number of benzene rings is 3. The minimum Gasteiger partial charge on any atom is -0.320 e. The van der Waals surface area contributed by atoms with Gasteiger partial charge < -0.3 is 9.47 Å². The number of carbonyl (C=O) groups excluding carboxylic acids is 1. The number of fused-ring (bicyclic) bond motifs is 1. The lowest BCUT2D eigenvalue weighted by Crippen LogP contribution is -2.24. The van der Waals surface area contributed by atoms with Crippen molar-refractivity contribution in [2.75, 3.05) is 11.4 Å². The van der Waals surface area contributed by atoms with Crippen LogP contribution in [-0.4, -0.2) is 22.0 Å². The summed E-state index contributed by atoms with van der Waals surface area (Å²) < 4.78 is 2.32. The number of imidazole rings is 1. The second kappa shape index (κ2) is 7.45. The van der Waals surface area contributed by atoms with E-state index in [1.54, 1.807) is 0 Å². The van der Waals surface area contributed by atoms with Gasteiger partial charge >= 0.3 is 0 Å². The van der Waals surface area contributed by atoms with E-state index in [1.807, 2.05) is 29.2 Å². The third-order valence-electron chi connectivity index (χ3n) is 6.13. The van der Waals surface area contributed by atoms with E-state index in [9.17, 15) is 4.79 Å². The Balaban J connectivity index is 1.56. The molecule has 1 aliphatic heterocycles. The third-order valence-corrected chi connectivity index (χ3v) is 6.13. The van der Waals surface area contributed by atoms with Crippen LogP contribution >= 0.6 is 0 Å². The van der Waals surface area contributed by atoms with Crippen LogP contribution in [0.25, 0.3) is 11.0 Å². The highest BCUT2D eigenvalue weighted by molar-refractivity contribution is 5.96. The van der Waals surface area contributed by atoms with Crippen molar-refractivity contribution in [3.63, 3.8) is 0 Å². The van der Waals surface area contributed by atoms with Gasteiger partial charge in [0.2, 0.25) is 5.91 Å². The molecule has 5 rings (SSSR count). The molecule has 0 saturated carbocycles. The highest BCUT2D eigenvalue weighted by Crippen LogP contribution is 2.36. The van der Waals surface area contributed by atoms with Gasteiger partial charge in [-0.2, -0.15) is 0 Å². The molecule has 30 heavy (non-hydrogen) atoms. The number of carbonyl (C=O) groups is 1. The minimum absolute atomic E-state index is 0.0670. The SMILES string of the molecule is Cc1ccc(N2C[C@H](c3nc4ccccc4n3[C@@H](C)c3ccccc3)CC2=O)cc1. The van der Waals surface area contributed by atoms with E-state index in [-0.39, 0.29) is 17.9 Å². The maximum atomic E-state index is 12.9. The predicted molar refractivity (Wildman–Crippen MR) is 121 cm³/mol. The van der Waals surface area contributed by atoms with Crippen LogP contribution in [0.5, 0.6) is 0 Å². The number of aryl methyl sites for hydroxylation is 1. The fourth-order valence-electron chi connectivity index (χ4n) is 4.49. The van der Waals surface area contributed by atoms with Crippen molar-refractivity contribution >= 4 is 22.6 Å². The predicted octanol–water partition coefficient (Wildman–Crippen LogP) is 5.47. The van der Waals surface area contributed by atoms with Crippen LogP contribution < -0.4 is 4.90 Å². The maximum absolute atomic E-state index is 12.9. The molecule has 2 atom stereocenters. The fourth-order valence-corrected chi connectivity index (χ4v) is 4.49. The topological polar surface area (TPSA) is 38.1 Å². The van der Waals surface area contributed by atoms with Crippen molar-refractivity contribution in [2.45, 2.75) is 32.2 Å². The molecule has 1 aliphatic rings. The van der Waals surface area contributed by atoms with Gasteiger partial charge in [0.1, 0.15) is 5.82 Å². The van der Waals surface area contributed by atoms with E-state index < -0.39 is 0 Å².